The number of hydrogen-bond donors (Lipinski definition) is 3. The smallest absolute Gasteiger partial charge is 0.320 e. The molecule has 2 aromatic carbocycles. The van der Waals surface area contributed by atoms with Gasteiger partial charge in [-0.2, -0.15) is 0 Å². The summed E-state index contributed by atoms with van der Waals surface area (Å²) in [5.74, 6) is 3.16. The predicted octanol–water partition coefficient (Wildman–Crippen LogP) is 2.24. The predicted molar refractivity (Wildman–Crippen MR) is 85.2 cm³/mol. The third kappa shape index (κ3) is 4.55. The van der Waals surface area contributed by atoms with Gasteiger partial charge in [0.25, 0.3) is 0 Å². The van der Waals surface area contributed by atoms with Gasteiger partial charge >= 0.3 is 6.03 Å². The molecule has 0 aliphatic rings. The zero-order chi connectivity index (χ0) is 17.5. The van der Waals surface area contributed by atoms with Crippen LogP contribution >= 0.6 is 0 Å². The molecule has 0 unspecified atom stereocenters. The van der Waals surface area contributed by atoms with Crippen molar-refractivity contribution >= 4 is 17.6 Å². The SMILES string of the molecule is NC(=O)c1ccc(C#CCNC(=O)Nc2c(F)cccc2F)cc1. The normalized spacial score (nSPS) is 9.58. The molecule has 3 amide bonds. The molecule has 0 saturated carbocycles. The highest BCUT2D eigenvalue weighted by molar-refractivity contribution is 5.92. The molecule has 2 aromatic rings. The number of carbonyl (C=O) groups excluding carboxylic acids is 2. The number of rotatable bonds is 3. The number of primary amides is 1. The third-order valence-corrected chi connectivity index (χ3v) is 2.94. The summed E-state index contributed by atoms with van der Waals surface area (Å²) in [7, 11) is 0. The second-order valence-corrected chi connectivity index (χ2v) is 4.65. The van der Waals surface area contributed by atoms with Crippen LogP contribution < -0.4 is 16.4 Å². The minimum absolute atomic E-state index is 0.0283. The largest absolute Gasteiger partial charge is 0.366 e. The van der Waals surface area contributed by atoms with E-state index in [1.54, 1.807) is 12.1 Å². The van der Waals surface area contributed by atoms with E-state index in [0.717, 1.165) is 12.1 Å². The molecule has 0 heterocycles. The number of hydrogen-bond acceptors (Lipinski definition) is 2. The monoisotopic (exact) mass is 329 g/mol. The lowest BCUT2D eigenvalue weighted by Crippen LogP contribution is -2.29. The quantitative estimate of drug-likeness (QED) is 0.755. The number of amides is 3. The molecule has 4 N–H and O–H groups in total. The highest BCUT2D eigenvalue weighted by Gasteiger charge is 2.10. The van der Waals surface area contributed by atoms with Crippen molar-refractivity contribution in [1.29, 1.82) is 0 Å². The first-order valence-electron chi connectivity index (χ1n) is 6.85. The minimum atomic E-state index is -0.870. The molecule has 24 heavy (non-hydrogen) atoms. The average molecular weight is 329 g/mol. The number of carbonyl (C=O) groups is 2. The molecule has 0 bridgehead atoms. The maximum absolute atomic E-state index is 13.4. The van der Waals surface area contributed by atoms with Gasteiger partial charge in [0.2, 0.25) is 5.91 Å². The molecule has 2 rings (SSSR count). The van der Waals surface area contributed by atoms with Crippen molar-refractivity contribution in [3.63, 3.8) is 0 Å². The summed E-state index contributed by atoms with van der Waals surface area (Å²) in [6, 6.07) is 8.79. The Morgan fingerprint density at radius 3 is 2.25 bits per heavy atom. The Hall–Kier alpha value is -3.40. The van der Waals surface area contributed by atoms with E-state index in [-0.39, 0.29) is 6.54 Å². The molecule has 0 spiro atoms. The molecular weight excluding hydrogens is 316 g/mol. The van der Waals surface area contributed by atoms with Gasteiger partial charge in [-0.05, 0) is 36.4 Å². The van der Waals surface area contributed by atoms with E-state index in [1.807, 2.05) is 0 Å². The van der Waals surface area contributed by atoms with Crippen LogP contribution in [0, 0.1) is 23.5 Å². The highest BCUT2D eigenvalue weighted by atomic mass is 19.1. The standard InChI is InChI=1S/C17H13F2N3O2/c18-13-4-1-5-14(19)15(13)22-17(24)21-10-2-3-11-6-8-12(9-7-11)16(20)23/h1,4-9H,10H2,(H2,20,23)(H2,21,22,24). The van der Waals surface area contributed by atoms with Gasteiger partial charge in [0, 0.05) is 11.1 Å². The third-order valence-electron chi connectivity index (χ3n) is 2.94. The zero-order valence-electron chi connectivity index (χ0n) is 12.4. The van der Waals surface area contributed by atoms with Crippen LogP contribution in [0.5, 0.6) is 0 Å². The summed E-state index contributed by atoms with van der Waals surface area (Å²) >= 11 is 0. The van der Waals surface area contributed by atoms with Gasteiger partial charge < -0.3 is 16.4 Å². The summed E-state index contributed by atoms with van der Waals surface area (Å²) < 4.78 is 26.7. The van der Waals surface area contributed by atoms with Crippen molar-refractivity contribution in [3.8, 4) is 11.8 Å². The second kappa shape index (κ2) is 7.74. The summed E-state index contributed by atoms with van der Waals surface area (Å²) in [5, 5.41) is 4.43. The first-order valence-corrected chi connectivity index (χ1v) is 6.85. The van der Waals surface area contributed by atoms with Crippen LogP contribution in [-0.2, 0) is 0 Å². The molecule has 5 nitrogen and oxygen atoms in total. The Morgan fingerprint density at radius 1 is 1.04 bits per heavy atom. The van der Waals surface area contributed by atoms with Crippen LogP contribution in [0.3, 0.4) is 0 Å². The molecule has 0 atom stereocenters. The van der Waals surface area contributed by atoms with Crippen LogP contribution in [0.4, 0.5) is 19.3 Å². The highest BCUT2D eigenvalue weighted by Crippen LogP contribution is 2.17. The summed E-state index contributed by atoms with van der Waals surface area (Å²) in [5.41, 5.74) is 5.59. The first kappa shape index (κ1) is 17.0. The van der Waals surface area contributed by atoms with E-state index in [4.69, 9.17) is 5.73 Å². The molecular formula is C17H13F2N3O2. The fourth-order valence-corrected chi connectivity index (χ4v) is 1.76. The van der Waals surface area contributed by atoms with E-state index in [1.165, 1.54) is 18.2 Å². The minimum Gasteiger partial charge on any atom is -0.366 e. The summed E-state index contributed by atoms with van der Waals surface area (Å²) in [4.78, 5) is 22.5. The van der Waals surface area contributed by atoms with Gasteiger partial charge in [0.1, 0.15) is 17.3 Å². The molecule has 0 saturated heterocycles. The fourth-order valence-electron chi connectivity index (χ4n) is 1.76. The molecule has 0 aromatic heterocycles. The van der Waals surface area contributed by atoms with Crippen molar-refractivity contribution in [2.45, 2.75) is 0 Å². The average Bonchev–Trinajstić information content (AvgIpc) is 2.55. The Balaban J connectivity index is 1.88. The van der Waals surface area contributed by atoms with Gasteiger partial charge in [0.05, 0.1) is 6.54 Å². The van der Waals surface area contributed by atoms with E-state index in [9.17, 15) is 18.4 Å². The van der Waals surface area contributed by atoms with Crippen LogP contribution in [0.15, 0.2) is 42.5 Å². The summed E-state index contributed by atoms with van der Waals surface area (Å²) in [6.07, 6.45) is 0. The second-order valence-electron chi connectivity index (χ2n) is 4.65. The van der Waals surface area contributed by atoms with Crippen molar-refractivity contribution in [2.24, 2.45) is 5.73 Å². The zero-order valence-corrected chi connectivity index (χ0v) is 12.4. The molecule has 0 aliphatic heterocycles. The number of anilines is 1. The van der Waals surface area contributed by atoms with Crippen molar-refractivity contribution < 1.29 is 18.4 Å². The van der Waals surface area contributed by atoms with Crippen LogP contribution in [-0.4, -0.2) is 18.5 Å². The maximum atomic E-state index is 13.4. The van der Waals surface area contributed by atoms with Gasteiger partial charge in [0.15, 0.2) is 0 Å². The van der Waals surface area contributed by atoms with Crippen LogP contribution in [0.1, 0.15) is 15.9 Å². The van der Waals surface area contributed by atoms with Gasteiger partial charge in [-0.1, -0.05) is 17.9 Å². The van der Waals surface area contributed by atoms with Gasteiger partial charge in [-0.15, -0.1) is 0 Å². The number of halogens is 2. The Kier molecular flexibility index (Phi) is 5.47. The van der Waals surface area contributed by atoms with Crippen molar-refractivity contribution in [2.75, 3.05) is 11.9 Å². The van der Waals surface area contributed by atoms with E-state index in [0.29, 0.717) is 11.1 Å². The molecule has 0 fully saturated rings. The molecule has 0 radical (unpaired) electrons. The van der Waals surface area contributed by atoms with E-state index in [2.05, 4.69) is 22.5 Å². The van der Waals surface area contributed by atoms with Gasteiger partial charge in [-0.3, -0.25) is 4.79 Å². The number of benzene rings is 2. The maximum Gasteiger partial charge on any atom is 0.320 e. The topological polar surface area (TPSA) is 84.2 Å². The van der Waals surface area contributed by atoms with Crippen molar-refractivity contribution in [3.05, 3.63) is 65.2 Å². The lowest BCUT2D eigenvalue weighted by Gasteiger charge is -2.07. The number of para-hydroxylation sites is 1. The molecule has 122 valence electrons. The van der Waals surface area contributed by atoms with Crippen LogP contribution in [0.25, 0.3) is 0 Å². The van der Waals surface area contributed by atoms with E-state index >= 15 is 0 Å². The molecule has 0 aliphatic carbocycles. The van der Waals surface area contributed by atoms with Crippen LogP contribution in [0.2, 0.25) is 0 Å². The molecule has 7 heteroatoms. The van der Waals surface area contributed by atoms with Crippen molar-refractivity contribution in [1.82, 2.24) is 5.32 Å². The lowest BCUT2D eigenvalue weighted by molar-refractivity contribution is 0.1000. The summed E-state index contributed by atoms with van der Waals surface area (Å²) in [6.45, 7) is -0.0283. The van der Waals surface area contributed by atoms with Gasteiger partial charge in [-0.25, -0.2) is 13.6 Å². The number of nitrogens with one attached hydrogen (secondary N) is 2. The Labute approximate surface area is 136 Å². The fraction of sp³-hybridized carbons (Fsp3) is 0.0588. The Bertz CT molecular complexity index is 804. The number of urea groups is 1. The Morgan fingerprint density at radius 2 is 1.67 bits per heavy atom. The lowest BCUT2D eigenvalue weighted by atomic mass is 10.1. The van der Waals surface area contributed by atoms with E-state index < -0.39 is 29.3 Å². The number of nitrogens with two attached hydrogens (primary N) is 1. The first-order chi connectivity index (χ1) is 11.5.